The van der Waals surface area contributed by atoms with Gasteiger partial charge in [0.05, 0.1) is 11.4 Å². The van der Waals surface area contributed by atoms with Gasteiger partial charge < -0.3 is 11.1 Å². The lowest BCUT2D eigenvalue weighted by Crippen LogP contribution is -2.43. The van der Waals surface area contributed by atoms with Crippen molar-refractivity contribution in [1.29, 1.82) is 0 Å². The molecule has 14 heavy (non-hydrogen) atoms. The summed E-state index contributed by atoms with van der Waals surface area (Å²) in [5, 5.41) is 3.50. The number of rotatable bonds is 2. The fourth-order valence-electron chi connectivity index (χ4n) is 2.05. The first-order valence-electron chi connectivity index (χ1n) is 5.29. The van der Waals surface area contributed by atoms with E-state index in [1.54, 1.807) is 0 Å². The van der Waals surface area contributed by atoms with Crippen LogP contribution in [0.4, 0.5) is 11.4 Å². The van der Waals surface area contributed by atoms with Crippen LogP contribution in [0.2, 0.25) is 0 Å². The van der Waals surface area contributed by atoms with Crippen LogP contribution in [-0.2, 0) is 0 Å². The molecule has 0 amide bonds. The van der Waals surface area contributed by atoms with Gasteiger partial charge in [0, 0.05) is 6.04 Å². The molecule has 0 heterocycles. The molecule has 0 bridgehead atoms. The first-order chi connectivity index (χ1) is 6.68. The number of benzene rings is 1. The third-order valence-corrected chi connectivity index (χ3v) is 3.46. The Balaban J connectivity index is 2.02. The molecular weight excluding hydrogens is 172 g/mol. The molecule has 1 aromatic rings. The summed E-state index contributed by atoms with van der Waals surface area (Å²) >= 11 is 0. The van der Waals surface area contributed by atoms with Crippen LogP contribution in [0, 0.1) is 11.8 Å². The third kappa shape index (κ3) is 1.57. The highest BCUT2D eigenvalue weighted by Gasteiger charge is 2.34. The average molecular weight is 190 g/mol. The van der Waals surface area contributed by atoms with Gasteiger partial charge in [-0.05, 0) is 30.4 Å². The second-order valence-electron chi connectivity index (χ2n) is 4.41. The molecule has 1 fully saturated rings. The number of para-hydroxylation sites is 2. The van der Waals surface area contributed by atoms with E-state index in [0.29, 0.717) is 6.04 Å². The van der Waals surface area contributed by atoms with Gasteiger partial charge in [0.1, 0.15) is 0 Å². The molecule has 2 heteroatoms. The van der Waals surface area contributed by atoms with E-state index in [2.05, 4.69) is 19.2 Å². The molecule has 0 spiro atoms. The van der Waals surface area contributed by atoms with E-state index < -0.39 is 0 Å². The smallest absolute Gasteiger partial charge is 0.0576 e. The van der Waals surface area contributed by atoms with E-state index >= 15 is 0 Å². The van der Waals surface area contributed by atoms with Gasteiger partial charge in [0.25, 0.3) is 0 Å². The Morgan fingerprint density at radius 1 is 1.29 bits per heavy atom. The van der Waals surface area contributed by atoms with Crippen molar-refractivity contribution < 1.29 is 0 Å². The summed E-state index contributed by atoms with van der Waals surface area (Å²) in [4.78, 5) is 0. The lowest BCUT2D eigenvalue weighted by atomic mass is 9.71. The molecule has 0 radical (unpaired) electrons. The Kier molecular flexibility index (Phi) is 2.36. The van der Waals surface area contributed by atoms with Crippen LogP contribution in [0.1, 0.15) is 20.3 Å². The van der Waals surface area contributed by atoms with E-state index in [-0.39, 0.29) is 0 Å². The first kappa shape index (κ1) is 9.38. The number of hydrogen-bond acceptors (Lipinski definition) is 2. The Bertz CT molecular complexity index is 322. The van der Waals surface area contributed by atoms with Gasteiger partial charge >= 0.3 is 0 Å². The molecule has 1 aromatic carbocycles. The third-order valence-electron chi connectivity index (χ3n) is 3.46. The quantitative estimate of drug-likeness (QED) is 0.704. The fourth-order valence-corrected chi connectivity index (χ4v) is 2.05. The number of nitrogen functional groups attached to an aromatic ring is 1. The van der Waals surface area contributed by atoms with Crippen molar-refractivity contribution in [1.82, 2.24) is 0 Å². The van der Waals surface area contributed by atoms with Crippen LogP contribution in [0.5, 0.6) is 0 Å². The average Bonchev–Trinajstić information content (AvgIpc) is 2.20. The van der Waals surface area contributed by atoms with E-state index in [1.165, 1.54) is 6.42 Å². The van der Waals surface area contributed by atoms with Crippen LogP contribution in [-0.4, -0.2) is 6.04 Å². The van der Waals surface area contributed by atoms with Gasteiger partial charge in [0.15, 0.2) is 0 Å². The van der Waals surface area contributed by atoms with Crippen molar-refractivity contribution in [2.75, 3.05) is 11.1 Å². The largest absolute Gasteiger partial charge is 0.397 e. The van der Waals surface area contributed by atoms with Crippen LogP contribution in [0.25, 0.3) is 0 Å². The zero-order valence-corrected chi connectivity index (χ0v) is 8.83. The first-order valence-corrected chi connectivity index (χ1v) is 5.29. The molecule has 2 rings (SSSR count). The fraction of sp³-hybridized carbons (Fsp3) is 0.500. The summed E-state index contributed by atoms with van der Waals surface area (Å²) in [7, 11) is 0. The van der Waals surface area contributed by atoms with Crippen molar-refractivity contribution in [3.05, 3.63) is 24.3 Å². The molecule has 0 aliphatic heterocycles. The summed E-state index contributed by atoms with van der Waals surface area (Å²) < 4.78 is 0. The van der Waals surface area contributed by atoms with Gasteiger partial charge in [-0.1, -0.05) is 26.0 Å². The minimum Gasteiger partial charge on any atom is -0.397 e. The summed E-state index contributed by atoms with van der Waals surface area (Å²) in [6.45, 7) is 4.60. The lowest BCUT2D eigenvalue weighted by molar-refractivity contribution is 0.189. The van der Waals surface area contributed by atoms with Gasteiger partial charge in [-0.3, -0.25) is 0 Å². The van der Waals surface area contributed by atoms with Gasteiger partial charge in [-0.15, -0.1) is 0 Å². The normalized spacial score (nSPS) is 30.9. The lowest BCUT2D eigenvalue weighted by Gasteiger charge is -2.42. The molecular formula is C12H18N2. The van der Waals surface area contributed by atoms with E-state index in [1.807, 2.05) is 24.3 Å². The maximum atomic E-state index is 5.87. The van der Waals surface area contributed by atoms with Crippen LogP contribution < -0.4 is 11.1 Å². The SMILES string of the molecule is CC1CC(Nc2ccccc2N)C1C. The molecule has 0 aromatic heterocycles. The van der Waals surface area contributed by atoms with Crippen LogP contribution in [0.3, 0.4) is 0 Å². The van der Waals surface area contributed by atoms with Crippen molar-refractivity contribution in [3.8, 4) is 0 Å². The van der Waals surface area contributed by atoms with E-state index in [4.69, 9.17) is 5.73 Å². The molecule has 3 N–H and O–H groups in total. The monoisotopic (exact) mass is 190 g/mol. The van der Waals surface area contributed by atoms with Crippen molar-refractivity contribution in [2.24, 2.45) is 11.8 Å². The molecule has 76 valence electrons. The second-order valence-corrected chi connectivity index (χ2v) is 4.41. The van der Waals surface area contributed by atoms with Crippen molar-refractivity contribution in [2.45, 2.75) is 26.3 Å². The Hall–Kier alpha value is -1.18. The molecule has 0 saturated heterocycles. The molecule has 1 aliphatic carbocycles. The number of hydrogen-bond donors (Lipinski definition) is 2. The van der Waals surface area contributed by atoms with Gasteiger partial charge in [-0.25, -0.2) is 0 Å². The van der Waals surface area contributed by atoms with E-state index in [9.17, 15) is 0 Å². The molecule has 3 atom stereocenters. The highest BCUT2D eigenvalue weighted by atomic mass is 15.0. The van der Waals surface area contributed by atoms with Crippen LogP contribution >= 0.6 is 0 Å². The molecule has 1 saturated carbocycles. The van der Waals surface area contributed by atoms with Gasteiger partial charge in [0.2, 0.25) is 0 Å². The Morgan fingerprint density at radius 2 is 2.00 bits per heavy atom. The number of anilines is 2. The number of nitrogens with one attached hydrogen (secondary N) is 1. The standard InChI is InChI=1S/C12H18N2/c1-8-7-12(9(8)2)14-11-6-4-3-5-10(11)13/h3-6,8-9,12,14H,7,13H2,1-2H3. The predicted molar refractivity (Wildman–Crippen MR) is 61.2 cm³/mol. The highest BCUT2D eigenvalue weighted by Crippen LogP contribution is 2.36. The predicted octanol–water partition coefficient (Wildman–Crippen LogP) is 2.73. The zero-order valence-electron chi connectivity index (χ0n) is 8.83. The van der Waals surface area contributed by atoms with Gasteiger partial charge in [-0.2, -0.15) is 0 Å². The molecule has 3 unspecified atom stereocenters. The maximum Gasteiger partial charge on any atom is 0.0576 e. The van der Waals surface area contributed by atoms with Crippen LogP contribution in [0.15, 0.2) is 24.3 Å². The zero-order chi connectivity index (χ0) is 10.1. The second kappa shape index (κ2) is 3.52. The molecule has 1 aliphatic rings. The minimum atomic E-state index is 0.606. The Morgan fingerprint density at radius 3 is 2.57 bits per heavy atom. The summed E-state index contributed by atoms with van der Waals surface area (Å²) in [6, 6.07) is 8.58. The van der Waals surface area contributed by atoms with E-state index in [0.717, 1.165) is 23.2 Å². The summed E-state index contributed by atoms with van der Waals surface area (Å²) in [5.74, 6) is 1.60. The minimum absolute atomic E-state index is 0.606. The van der Waals surface area contributed by atoms with Crippen molar-refractivity contribution in [3.63, 3.8) is 0 Å². The molecule has 2 nitrogen and oxygen atoms in total. The highest BCUT2D eigenvalue weighted by molar-refractivity contribution is 5.66. The maximum absolute atomic E-state index is 5.87. The summed E-state index contributed by atoms with van der Waals surface area (Å²) in [5.41, 5.74) is 7.79. The summed E-state index contributed by atoms with van der Waals surface area (Å²) in [6.07, 6.45) is 1.26. The number of nitrogens with two attached hydrogens (primary N) is 1. The van der Waals surface area contributed by atoms with Crippen molar-refractivity contribution >= 4 is 11.4 Å². The topological polar surface area (TPSA) is 38.0 Å². The Labute approximate surface area is 85.5 Å².